The molecule has 0 aliphatic heterocycles. The van der Waals surface area contributed by atoms with Crippen LogP contribution in [0.1, 0.15) is 0 Å². The van der Waals surface area contributed by atoms with E-state index in [-0.39, 0.29) is 0 Å². The molecule has 1 aromatic rings. The Bertz CT molecular complexity index is 278. The van der Waals surface area contributed by atoms with E-state index < -0.39 is 16.9 Å². The lowest BCUT2D eigenvalue weighted by Gasteiger charge is -1.82. The third kappa shape index (κ3) is 10.3. The van der Waals surface area contributed by atoms with Crippen molar-refractivity contribution in [2.75, 3.05) is 0 Å². The maximum atomic E-state index is 9.54. The van der Waals surface area contributed by atoms with Crippen molar-refractivity contribution >= 4 is 16.9 Å². The monoisotopic (exact) mass is 204 g/mol. The number of urea groups is 1. The molecule has 8 heteroatoms. The maximum Gasteiger partial charge on any atom is 0.325 e. The molecule has 0 saturated carbocycles. The molecule has 72 valence electrons. The first-order valence-corrected chi connectivity index (χ1v) is 4.21. The van der Waals surface area contributed by atoms with Crippen LogP contribution in [0.4, 0.5) is 4.79 Å². The first-order chi connectivity index (χ1) is 6.13. The van der Waals surface area contributed by atoms with Crippen LogP contribution in [0.15, 0.2) is 24.8 Å². The van der Waals surface area contributed by atoms with Crippen LogP contribution in [0.2, 0.25) is 0 Å². The van der Waals surface area contributed by atoms with Gasteiger partial charge in [0.05, 0.1) is 0 Å². The van der Waals surface area contributed by atoms with Crippen LogP contribution in [0, 0.1) is 0 Å². The Labute approximate surface area is 76.1 Å². The van der Waals surface area contributed by atoms with E-state index in [9.17, 15) is 13.2 Å². The molecule has 0 atom stereocenters. The van der Waals surface area contributed by atoms with Crippen molar-refractivity contribution in [2.45, 2.75) is 0 Å². The molecule has 0 aliphatic carbocycles. The Hall–Kier alpha value is -1.70. The molecular formula is C5H8N4O3S. The van der Waals surface area contributed by atoms with Gasteiger partial charge in [0.1, 0.15) is 6.33 Å². The zero-order chi connectivity index (χ0) is 10.1. The van der Waals surface area contributed by atoms with Gasteiger partial charge in [0.2, 0.25) is 10.9 Å². The molecule has 1 heterocycles. The minimum Gasteiger partial charge on any atom is -0.351 e. The van der Waals surface area contributed by atoms with Gasteiger partial charge >= 0.3 is 6.03 Å². The second-order valence-corrected chi connectivity index (χ2v) is 2.38. The van der Waals surface area contributed by atoms with Gasteiger partial charge in [-0.3, -0.25) is 0 Å². The summed E-state index contributed by atoms with van der Waals surface area (Å²) >= 11 is 0. The SMILES string of the molecule is NC(=O)N[SH](=O)=O.c1cncnc1. The average molecular weight is 204 g/mol. The predicted octanol–water partition coefficient (Wildman–Crippen LogP) is -1.34. The van der Waals surface area contributed by atoms with Gasteiger partial charge in [-0.1, -0.05) is 0 Å². The Morgan fingerprint density at radius 2 is 1.85 bits per heavy atom. The van der Waals surface area contributed by atoms with Gasteiger partial charge in [-0.2, -0.15) is 0 Å². The highest BCUT2D eigenvalue weighted by Gasteiger charge is 1.85. The van der Waals surface area contributed by atoms with Gasteiger partial charge in [0.25, 0.3) is 0 Å². The zero-order valence-electron chi connectivity index (χ0n) is 6.45. The summed E-state index contributed by atoms with van der Waals surface area (Å²) in [6.45, 7) is 0. The van der Waals surface area contributed by atoms with Gasteiger partial charge in [-0.25, -0.2) is 27.9 Å². The Balaban J connectivity index is 0.000000223. The normalized spacial score (nSPS) is 8.38. The smallest absolute Gasteiger partial charge is 0.325 e. The van der Waals surface area contributed by atoms with Crippen LogP contribution >= 0.6 is 0 Å². The van der Waals surface area contributed by atoms with E-state index >= 15 is 0 Å². The summed E-state index contributed by atoms with van der Waals surface area (Å²) < 4.78 is 20.3. The molecule has 0 aliphatic rings. The van der Waals surface area contributed by atoms with Crippen molar-refractivity contribution < 1.29 is 13.2 Å². The molecule has 3 N–H and O–H groups in total. The number of rotatable bonds is 1. The van der Waals surface area contributed by atoms with E-state index in [1.807, 2.05) is 0 Å². The van der Waals surface area contributed by atoms with Gasteiger partial charge in [0.15, 0.2) is 0 Å². The number of nitrogens with two attached hydrogens (primary N) is 1. The quantitative estimate of drug-likeness (QED) is 0.489. The zero-order valence-corrected chi connectivity index (χ0v) is 7.35. The second kappa shape index (κ2) is 6.98. The number of nitrogens with zero attached hydrogens (tertiary/aromatic N) is 2. The largest absolute Gasteiger partial charge is 0.351 e. The van der Waals surface area contributed by atoms with E-state index in [1.165, 1.54) is 11.0 Å². The molecule has 0 radical (unpaired) electrons. The van der Waals surface area contributed by atoms with Crippen molar-refractivity contribution in [3.05, 3.63) is 24.8 Å². The number of amides is 2. The third-order valence-corrected chi connectivity index (χ3v) is 1.08. The fraction of sp³-hybridized carbons (Fsp3) is 0. The number of hydrogen-bond acceptors (Lipinski definition) is 5. The lowest BCUT2D eigenvalue weighted by atomic mass is 10.7. The molecule has 0 unspecified atom stereocenters. The molecule has 1 aromatic heterocycles. The van der Waals surface area contributed by atoms with E-state index in [0.717, 1.165) is 0 Å². The van der Waals surface area contributed by atoms with E-state index in [0.29, 0.717) is 0 Å². The summed E-state index contributed by atoms with van der Waals surface area (Å²) in [6.07, 6.45) is 4.88. The first-order valence-electron chi connectivity index (χ1n) is 3.03. The number of carbonyl (C=O) groups excluding carboxylic acids is 1. The highest BCUT2D eigenvalue weighted by molar-refractivity contribution is 7.70. The number of hydrogen-bond donors (Lipinski definition) is 3. The lowest BCUT2D eigenvalue weighted by molar-refractivity contribution is 0.254. The molecular weight excluding hydrogens is 196 g/mol. The minimum absolute atomic E-state index is 1.06. The molecule has 0 bridgehead atoms. The van der Waals surface area contributed by atoms with Crippen LogP contribution in [-0.2, 0) is 10.9 Å². The maximum absolute atomic E-state index is 9.54. The van der Waals surface area contributed by atoms with Crippen LogP contribution in [-0.4, -0.2) is 24.4 Å². The third-order valence-electron chi connectivity index (χ3n) is 0.679. The van der Waals surface area contributed by atoms with E-state index in [2.05, 4.69) is 15.7 Å². The average Bonchev–Trinajstić information content (AvgIpc) is 2.06. The number of primary amides is 1. The van der Waals surface area contributed by atoms with Crippen LogP contribution in [0.5, 0.6) is 0 Å². The van der Waals surface area contributed by atoms with Gasteiger partial charge in [-0.15, -0.1) is 0 Å². The fourth-order valence-corrected chi connectivity index (χ4v) is 0.523. The lowest BCUT2D eigenvalue weighted by Crippen LogP contribution is -2.27. The predicted molar refractivity (Wildman–Crippen MR) is 45.1 cm³/mol. The minimum atomic E-state index is -2.86. The first kappa shape index (κ1) is 11.3. The molecule has 2 amide bonds. The molecule has 7 nitrogen and oxygen atoms in total. The van der Waals surface area contributed by atoms with E-state index in [4.69, 9.17) is 0 Å². The molecule has 0 saturated heterocycles. The van der Waals surface area contributed by atoms with Crippen molar-refractivity contribution in [3.8, 4) is 0 Å². The topological polar surface area (TPSA) is 115 Å². The van der Waals surface area contributed by atoms with Gasteiger partial charge in [-0.05, 0) is 6.07 Å². The number of aromatic nitrogens is 2. The van der Waals surface area contributed by atoms with E-state index in [1.54, 1.807) is 18.5 Å². The summed E-state index contributed by atoms with van der Waals surface area (Å²) in [5.74, 6) is 0. The summed E-state index contributed by atoms with van der Waals surface area (Å²) in [6, 6.07) is 0.719. The summed E-state index contributed by atoms with van der Waals surface area (Å²) in [4.78, 5) is 16.9. The van der Waals surface area contributed by atoms with Crippen LogP contribution in [0.3, 0.4) is 0 Å². The molecule has 1 rings (SSSR count). The standard InChI is InChI=1S/C4H4N2.CH4N2O3S/c1-2-5-4-6-3-1;2-1(4)3-7(5)6/h1-4H;7H,(H3,2,3,4,5,6). The number of nitrogens with one attached hydrogen (secondary N) is 1. The summed E-state index contributed by atoms with van der Waals surface area (Å²) in [5, 5.41) is 0. The molecule has 0 aromatic carbocycles. The fourth-order valence-electron chi connectivity index (χ4n) is 0.343. The van der Waals surface area contributed by atoms with Crippen molar-refractivity contribution in [1.29, 1.82) is 0 Å². The van der Waals surface area contributed by atoms with Gasteiger partial charge in [0, 0.05) is 12.4 Å². The van der Waals surface area contributed by atoms with Crippen molar-refractivity contribution in [1.82, 2.24) is 14.7 Å². The Morgan fingerprint density at radius 3 is 1.92 bits per heavy atom. The molecule has 0 spiro atoms. The van der Waals surface area contributed by atoms with Crippen molar-refractivity contribution in [2.24, 2.45) is 5.73 Å². The highest BCUT2D eigenvalue weighted by Crippen LogP contribution is 1.66. The van der Waals surface area contributed by atoms with Crippen LogP contribution < -0.4 is 10.5 Å². The van der Waals surface area contributed by atoms with Crippen LogP contribution in [0.25, 0.3) is 0 Å². The summed E-state index contributed by atoms with van der Waals surface area (Å²) in [5.41, 5.74) is 4.36. The summed E-state index contributed by atoms with van der Waals surface area (Å²) in [7, 11) is -2.86. The molecule has 0 fully saturated rings. The highest BCUT2D eigenvalue weighted by atomic mass is 32.2. The molecule has 13 heavy (non-hydrogen) atoms. The second-order valence-electron chi connectivity index (χ2n) is 1.64. The Morgan fingerprint density at radius 1 is 1.31 bits per heavy atom. The van der Waals surface area contributed by atoms with Crippen molar-refractivity contribution in [3.63, 3.8) is 0 Å². The Kier molecular flexibility index (Phi) is 6.06. The van der Waals surface area contributed by atoms with Gasteiger partial charge < -0.3 is 5.73 Å². The number of thiol groups is 1. The number of carbonyl (C=O) groups is 1.